The minimum Gasteiger partial charge on any atom is -0.336 e. The summed E-state index contributed by atoms with van der Waals surface area (Å²) in [6, 6.07) is 17.2. The Kier molecular flexibility index (Phi) is 6.25. The molecule has 1 amide bonds. The van der Waals surface area contributed by atoms with Gasteiger partial charge in [0.05, 0.1) is 23.1 Å². The third-order valence-corrected chi connectivity index (χ3v) is 7.27. The van der Waals surface area contributed by atoms with E-state index in [4.69, 9.17) is 0 Å². The summed E-state index contributed by atoms with van der Waals surface area (Å²) >= 11 is 0. The summed E-state index contributed by atoms with van der Waals surface area (Å²) in [6.07, 6.45) is 3.19. The zero-order valence-corrected chi connectivity index (χ0v) is 19.0. The molecule has 0 unspecified atom stereocenters. The maximum absolute atomic E-state index is 13.1. The molecule has 166 valence electrons. The van der Waals surface area contributed by atoms with Crippen molar-refractivity contribution in [1.82, 2.24) is 19.0 Å². The predicted octanol–water partition coefficient (Wildman–Crippen LogP) is 3.25. The van der Waals surface area contributed by atoms with E-state index in [1.165, 1.54) is 9.71 Å². The SMILES string of the molecule is Cc1ccccc1-n1ncc(C(=O)N2CCN(S(=O)(=O)/C=C/c3ccccc3)CC2)c1C. The van der Waals surface area contributed by atoms with Gasteiger partial charge in [0.25, 0.3) is 5.91 Å². The Morgan fingerprint density at radius 2 is 1.59 bits per heavy atom. The average molecular weight is 451 g/mol. The highest BCUT2D eigenvalue weighted by molar-refractivity contribution is 7.92. The van der Waals surface area contributed by atoms with Crippen molar-refractivity contribution in [3.05, 3.63) is 88.6 Å². The summed E-state index contributed by atoms with van der Waals surface area (Å²) in [7, 11) is -3.54. The normalized spacial score (nSPS) is 15.4. The van der Waals surface area contributed by atoms with Crippen LogP contribution in [0.1, 0.15) is 27.2 Å². The zero-order valence-electron chi connectivity index (χ0n) is 18.2. The van der Waals surface area contributed by atoms with Crippen molar-refractivity contribution in [1.29, 1.82) is 0 Å². The number of nitrogens with zero attached hydrogens (tertiary/aromatic N) is 4. The van der Waals surface area contributed by atoms with Gasteiger partial charge in [0.2, 0.25) is 10.0 Å². The lowest BCUT2D eigenvalue weighted by molar-refractivity contribution is 0.0698. The van der Waals surface area contributed by atoms with Gasteiger partial charge in [0, 0.05) is 31.6 Å². The maximum atomic E-state index is 13.1. The van der Waals surface area contributed by atoms with E-state index in [2.05, 4.69) is 5.10 Å². The van der Waals surface area contributed by atoms with Gasteiger partial charge in [-0.15, -0.1) is 0 Å². The molecule has 0 bridgehead atoms. The molecule has 1 aliphatic heterocycles. The number of sulfonamides is 1. The number of benzene rings is 2. The van der Waals surface area contributed by atoms with Crippen LogP contribution < -0.4 is 0 Å². The highest BCUT2D eigenvalue weighted by Crippen LogP contribution is 2.20. The van der Waals surface area contributed by atoms with Gasteiger partial charge in [-0.05, 0) is 37.1 Å². The van der Waals surface area contributed by atoms with Crippen LogP contribution in [-0.4, -0.2) is 59.5 Å². The fraction of sp³-hybridized carbons (Fsp3) is 0.250. The van der Waals surface area contributed by atoms with E-state index in [0.29, 0.717) is 18.7 Å². The lowest BCUT2D eigenvalue weighted by atomic mass is 10.2. The summed E-state index contributed by atoms with van der Waals surface area (Å²) in [5.41, 5.74) is 4.13. The molecule has 1 aromatic heterocycles. The Morgan fingerprint density at radius 1 is 0.938 bits per heavy atom. The second-order valence-electron chi connectivity index (χ2n) is 7.79. The largest absolute Gasteiger partial charge is 0.336 e. The Hall–Kier alpha value is -3.23. The van der Waals surface area contributed by atoms with Crippen LogP contribution >= 0.6 is 0 Å². The molecule has 7 nitrogen and oxygen atoms in total. The van der Waals surface area contributed by atoms with Crippen LogP contribution in [0.15, 0.2) is 66.2 Å². The molecule has 8 heteroatoms. The van der Waals surface area contributed by atoms with Crippen molar-refractivity contribution in [2.75, 3.05) is 26.2 Å². The second kappa shape index (κ2) is 9.10. The number of amides is 1. The van der Waals surface area contributed by atoms with E-state index >= 15 is 0 Å². The fourth-order valence-electron chi connectivity index (χ4n) is 3.79. The first-order chi connectivity index (χ1) is 15.4. The fourth-order valence-corrected chi connectivity index (χ4v) is 4.97. The maximum Gasteiger partial charge on any atom is 0.257 e. The third-order valence-electron chi connectivity index (χ3n) is 5.70. The van der Waals surface area contributed by atoms with Gasteiger partial charge in [-0.3, -0.25) is 4.79 Å². The minimum absolute atomic E-state index is 0.126. The van der Waals surface area contributed by atoms with Crippen LogP contribution in [0, 0.1) is 13.8 Å². The van der Waals surface area contributed by atoms with Gasteiger partial charge in [-0.25, -0.2) is 13.1 Å². The van der Waals surface area contributed by atoms with Crippen LogP contribution in [0.3, 0.4) is 0 Å². The molecule has 4 rings (SSSR count). The number of hydrogen-bond acceptors (Lipinski definition) is 4. The lowest BCUT2D eigenvalue weighted by Crippen LogP contribution is -2.50. The van der Waals surface area contributed by atoms with Crippen LogP contribution in [0.2, 0.25) is 0 Å². The summed E-state index contributed by atoms with van der Waals surface area (Å²) in [4.78, 5) is 14.8. The Balaban J connectivity index is 1.43. The zero-order chi connectivity index (χ0) is 22.7. The first-order valence-electron chi connectivity index (χ1n) is 10.5. The molecule has 0 spiro atoms. The van der Waals surface area contributed by atoms with Gasteiger partial charge in [-0.1, -0.05) is 48.5 Å². The smallest absolute Gasteiger partial charge is 0.257 e. The van der Waals surface area contributed by atoms with Crippen molar-refractivity contribution < 1.29 is 13.2 Å². The van der Waals surface area contributed by atoms with Crippen molar-refractivity contribution in [3.63, 3.8) is 0 Å². The molecule has 3 aromatic rings. The summed E-state index contributed by atoms with van der Waals surface area (Å²) < 4.78 is 28.5. The molecule has 0 radical (unpaired) electrons. The standard InChI is InChI=1S/C24H26N4O3S/c1-19-8-6-7-11-23(19)28-20(2)22(18-25-28)24(29)26-13-15-27(16-14-26)32(30,31)17-12-21-9-4-3-5-10-21/h3-12,17-18H,13-16H2,1-2H3/b17-12+. The van der Waals surface area contributed by atoms with Crippen molar-refractivity contribution >= 4 is 22.0 Å². The number of piperazine rings is 1. The molecule has 0 atom stereocenters. The highest BCUT2D eigenvalue weighted by Gasteiger charge is 2.29. The molecule has 2 heterocycles. The van der Waals surface area contributed by atoms with Gasteiger partial charge in [0.1, 0.15) is 0 Å². The number of hydrogen-bond donors (Lipinski definition) is 0. The molecule has 0 saturated carbocycles. The Bertz CT molecular complexity index is 1240. The highest BCUT2D eigenvalue weighted by atomic mass is 32.2. The van der Waals surface area contributed by atoms with Crippen LogP contribution in [-0.2, 0) is 10.0 Å². The number of aryl methyl sites for hydroxylation is 1. The lowest BCUT2D eigenvalue weighted by Gasteiger charge is -2.33. The quantitative estimate of drug-likeness (QED) is 0.598. The number of rotatable bonds is 5. The first-order valence-corrected chi connectivity index (χ1v) is 12.0. The van der Waals surface area contributed by atoms with Crippen LogP contribution in [0.25, 0.3) is 11.8 Å². The topological polar surface area (TPSA) is 75.5 Å². The van der Waals surface area contributed by atoms with E-state index in [1.54, 1.807) is 21.9 Å². The Labute approximate surface area is 188 Å². The van der Waals surface area contributed by atoms with E-state index < -0.39 is 10.0 Å². The van der Waals surface area contributed by atoms with Crippen molar-refractivity contribution in [2.45, 2.75) is 13.8 Å². The molecule has 32 heavy (non-hydrogen) atoms. The van der Waals surface area contributed by atoms with E-state index in [9.17, 15) is 13.2 Å². The molecule has 2 aromatic carbocycles. The molecule has 1 saturated heterocycles. The molecular weight excluding hydrogens is 424 g/mol. The van der Waals surface area contributed by atoms with Crippen molar-refractivity contribution in [3.8, 4) is 5.69 Å². The summed E-state index contributed by atoms with van der Waals surface area (Å²) in [5.74, 6) is -0.126. The van der Waals surface area contributed by atoms with Gasteiger partial charge < -0.3 is 4.90 Å². The number of carbonyl (C=O) groups is 1. The van der Waals surface area contributed by atoms with Gasteiger partial charge in [-0.2, -0.15) is 9.40 Å². The monoisotopic (exact) mass is 450 g/mol. The molecule has 1 fully saturated rings. The Morgan fingerprint density at radius 3 is 2.28 bits per heavy atom. The second-order valence-corrected chi connectivity index (χ2v) is 9.61. The summed E-state index contributed by atoms with van der Waals surface area (Å²) in [5, 5.41) is 5.66. The van der Waals surface area contributed by atoms with E-state index in [1.807, 2.05) is 68.4 Å². The van der Waals surface area contributed by atoms with Crippen molar-refractivity contribution in [2.24, 2.45) is 0 Å². The van der Waals surface area contributed by atoms with Crippen LogP contribution in [0.5, 0.6) is 0 Å². The van der Waals surface area contributed by atoms with E-state index in [0.717, 1.165) is 22.5 Å². The molecule has 0 aliphatic carbocycles. The third kappa shape index (κ3) is 4.51. The molecular formula is C24H26N4O3S. The van der Waals surface area contributed by atoms with Gasteiger partial charge in [0.15, 0.2) is 0 Å². The van der Waals surface area contributed by atoms with Gasteiger partial charge >= 0.3 is 0 Å². The number of aromatic nitrogens is 2. The van der Waals surface area contributed by atoms with Crippen LogP contribution in [0.4, 0.5) is 0 Å². The predicted molar refractivity (Wildman–Crippen MR) is 125 cm³/mol. The summed E-state index contributed by atoms with van der Waals surface area (Å²) in [6.45, 7) is 5.08. The van der Waals surface area contributed by atoms with E-state index in [-0.39, 0.29) is 19.0 Å². The number of carbonyl (C=O) groups excluding carboxylic acids is 1. The number of para-hydroxylation sites is 1. The minimum atomic E-state index is -3.54. The molecule has 1 aliphatic rings. The first kappa shape index (κ1) is 22.0. The molecule has 0 N–H and O–H groups in total. The average Bonchev–Trinajstić information content (AvgIpc) is 3.19.